The minimum absolute atomic E-state index is 0.259. The second kappa shape index (κ2) is 5.89. The molecule has 0 fully saturated rings. The summed E-state index contributed by atoms with van der Waals surface area (Å²) in [6, 6.07) is 0. The quantitative estimate of drug-likeness (QED) is 0.721. The van der Waals surface area contributed by atoms with Crippen LogP contribution in [0, 0.1) is 11.3 Å². The van der Waals surface area contributed by atoms with Gasteiger partial charge in [0.05, 0.1) is 0 Å². The largest absolute Gasteiger partial charge is 0.312 e. The highest BCUT2D eigenvalue weighted by molar-refractivity contribution is 4.74. The lowest BCUT2D eigenvalue weighted by molar-refractivity contribution is 0.292. The van der Waals surface area contributed by atoms with Gasteiger partial charge in [-0.2, -0.15) is 0 Å². The van der Waals surface area contributed by atoms with Gasteiger partial charge in [-0.1, -0.05) is 34.1 Å². The molecule has 0 heterocycles. The summed E-state index contributed by atoms with van der Waals surface area (Å²) in [6.45, 7) is 17.2. The van der Waals surface area contributed by atoms with Crippen LogP contribution in [0.4, 0.5) is 0 Å². The van der Waals surface area contributed by atoms with E-state index in [9.17, 15) is 0 Å². The van der Waals surface area contributed by atoms with Crippen molar-refractivity contribution in [1.82, 2.24) is 5.32 Å². The molecule has 0 saturated heterocycles. The Hall–Kier alpha value is -0.0400. The van der Waals surface area contributed by atoms with Gasteiger partial charge in [0.2, 0.25) is 0 Å². The average Bonchev–Trinajstić information content (AvgIpc) is 2.00. The van der Waals surface area contributed by atoms with Gasteiger partial charge in [-0.05, 0) is 51.5 Å². The monoisotopic (exact) mass is 213 g/mol. The minimum Gasteiger partial charge on any atom is -0.312 e. The molecule has 0 bridgehead atoms. The molecule has 0 radical (unpaired) electrons. The first kappa shape index (κ1) is 15.0. The first-order valence-corrected chi connectivity index (χ1v) is 6.39. The summed E-state index contributed by atoms with van der Waals surface area (Å²) >= 11 is 0. The molecule has 0 aromatic heterocycles. The van der Waals surface area contributed by atoms with Gasteiger partial charge >= 0.3 is 0 Å². The standard InChI is InChI=1S/C14H31N/c1-8-12(9-10-13(2,3)4)11-15-14(5,6)7/h12,15H,8-11H2,1-7H3. The van der Waals surface area contributed by atoms with Crippen molar-refractivity contribution in [3.63, 3.8) is 0 Å². The van der Waals surface area contributed by atoms with E-state index in [4.69, 9.17) is 0 Å². The van der Waals surface area contributed by atoms with E-state index >= 15 is 0 Å². The van der Waals surface area contributed by atoms with Crippen LogP contribution >= 0.6 is 0 Å². The van der Waals surface area contributed by atoms with E-state index < -0.39 is 0 Å². The molecule has 0 aromatic rings. The average molecular weight is 213 g/mol. The van der Waals surface area contributed by atoms with Crippen LogP contribution in [0.25, 0.3) is 0 Å². The third kappa shape index (κ3) is 10.2. The number of rotatable bonds is 5. The molecule has 0 aromatic carbocycles. The maximum Gasteiger partial charge on any atom is 0.00966 e. The molecule has 0 saturated carbocycles. The third-order valence-electron chi connectivity index (χ3n) is 2.80. The molecule has 1 atom stereocenters. The maximum atomic E-state index is 3.61. The predicted molar refractivity (Wildman–Crippen MR) is 70.2 cm³/mol. The summed E-state index contributed by atoms with van der Waals surface area (Å²) < 4.78 is 0. The fourth-order valence-electron chi connectivity index (χ4n) is 1.54. The second-order valence-electron chi connectivity index (χ2n) is 7.00. The Morgan fingerprint density at radius 2 is 1.53 bits per heavy atom. The molecule has 15 heavy (non-hydrogen) atoms. The fraction of sp³-hybridized carbons (Fsp3) is 1.00. The van der Waals surface area contributed by atoms with E-state index in [0.717, 1.165) is 12.5 Å². The molecule has 0 aliphatic heterocycles. The lowest BCUT2D eigenvalue weighted by Crippen LogP contribution is -2.39. The normalized spacial score (nSPS) is 15.4. The van der Waals surface area contributed by atoms with Crippen molar-refractivity contribution in [2.75, 3.05) is 6.54 Å². The van der Waals surface area contributed by atoms with Crippen molar-refractivity contribution < 1.29 is 0 Å². The van der Waals surface area contributed by atoms with Crippen LogP contribution in [0.1, 0.15) is 67.7 Å². The van der Waals surface area contributed by atoms with Gasteiger partial charge in [-0.3, -0.25) is 0 Å². The molecular formula is C14H31N. The molecule has 1 heteroatoms. The highest BCUT2D eigenvalue weighted by Gasteiger charge is 2.16. The molecule has 0 rings (SSSR count). The van der Waals surface area contributed by atoms with Crippen molar-refractivity contribution in [3.8, 4) is 0 Å². The highest BCUT2D eigenvalue weighted by Crippen LogP contribution is 2.24. The number of hydrogen-bond acceptors (Lipinski definition) is 1. The summed E-state index contributed by atoms with van der Waals surface area (Å²) in [4.78, 5) is 0. The maximum absolute atomic E-state index is 3.61. The zero-order chi connectivity index (χ0) is 12.1. The lowest BCUT2D eigenvalue weighted by Gasteiger charge is -2.27. The summed E-state index contributed by atoms with van der Waals surface area (Å²) in [7, 11) is 0. The zero-order valence-electron chi connectivity index (χ0n) is 11.9. The van der Waals surface area contributed by atoms with Gasteiger partial charge in [0.1, 0.15) is 0 Å². The molecule has 92 valence electrons. The van der Waals surface area contributed by atoms with Crippen LogP contribution < -0.4 is 5.32 Å². The minimum atomic E-state index is 0.259. The Bertz CT molecular complexity index is 141. The van der Waals surface area contributed by atoms with Crippen LogP contribution in [0.15, 0.2) is 0 Å². The Morgan fingerprint density at radius 1 is 1.00 bits per heavy atom. The van der Waals surface area contributed by atoms with Crippen LogP contribution in [-0.4, -0.2) is 12.1 Å². The van der Waals surface area contributed by atoms with E-state index in [1.807, 2.05) is 0 Å². The van der Waals surface area contributed by atoms with Gasteiger partial charge in [0.15, 0.2) is 0 Å². The lowest BCUT2D eigenvalue weighted by atomic mass is 9.85. The summed E-state index contributed by atoms with van der Waals surface area (Å²) in [5.41, 5.74) is 0.740. The Balaban J connectivity index is 3.84. The van der Waals surface area contributed by atoms with Gasteiger partial charge < -0.3 is 5.32 Å². The molecule has 1 nitrogen and oxygen atoms in total. The van der Waals surface area contributed by atoms with E-state index in [1.165, 1.54) is 19.3 Å². The molecule has 0 spiro atoms. The van der Waals surface area contributed by atoms with Crippen LogP contribution in [0.3, 0.4) is 0 Å². The molecule has 0 aliphatic rings. The number of nitrogens with one attached hydrogen (secondary N) is 1. The van der Waals surface area contributed by atoms with E-state index in [0.29, 0.717) is 5.41 Å². The first-order valence-electron chi connectivity index (χ1n) is 6.39. The van der Waals surface area contributed by atoms with Crippen LogP contribution in [-0.2, 0) is 0 Å². The van der Waals surface area contributed by atoms with Crippen molar-refractivity contribution in [2.45, 2.75) is 73.3 Å². The van der Waals surface area contributed by atoms with Gasteiger partial charge in [-0.25, -0.2) is 0 Å². The zero-order valence-corrected chi connectivity index (χ0v) is 11.9. The van der Waals surface area contributed by atoms with Crippen molar-refractivity contribution >= 4 is 0 Å². The Kier molecular flexibility index (Phi) is 5.87. The molecule has 0 amide bonds. The molecule has 1 N–H and O–H groups in total. The van der Waals surface area contributed by atoms with Gasteiger partial charge in [0.25, 0.3) is 0 Å². The van der Waals surface area contributed by atoms with Crippen molar-refractivity contribution in [2.24, 2.45) is 11.3 Å². The van der Waals surface area contributed by atoms with Crippen LogP contribution in [0.2, 0.25) is 0 Å². The summed E-state index contributed by atoms with van der Waals surface area (Å²) in [5, 5.41) is 3.61. The molecule has 1 unspecified atom stereocenters. The smallest absolute Gasteiger partial charge is 0.00966 e. The summed E-state index contributed by atoms with van der Waals surface area (Å²) in [6.07, 6.45) is 3.97. The van der Waals surface area contributed by atoms with Crippen LogP contribution in [0.5, 0.6) is 0 Å². The topological polar surface area (TPSA) is 12.0 Å². The SMILES string of the molecule is CCC(CCC(C)(C)C)CNC(C)(C)C. The number of hydrogen-bond donors (Lipinski definition) is 1. The highest BCUT2D eigenvalue weighted by atomic mass is 14.9. The predicted octanol–water partition coefficient (Wildman–Crippen LogP) is 4.23. The Morgan fingerprint density at radius 3 is 1.87 bits per heavy atom. The first-order chi connectivity index (χ1) is 6.64. The summed E-state index contributed by atoms with van der Waals surface area (Å²) in [5.74, 6) is 0.837. The van der Waals surface area contributed by atoms with Gasteiger partial charge in [-0.15, -0.1) is 0 Å². The molecular weight excluding hydrogens is 182 g/mol. The third-order valence-corrected chi connectivity index (χ3v) is 2.80. The van der Waals surface area contributed by atoms with E-state index in [1.54, 1.807) is 0 Å². The van der Waals surface area contributed by atoms with Crippen molar-refractivity contribution in [1.29, 1.82) is 0 Å². The second-order valence-corrected chi connectivity index (χ2v) is 7.00. The van der Waals surface area contributed by atoms with E-state index in [-0.39, 0.29) is 5.54 Å². The Labute approximate surface area is 97.0 Å². The fourth-order valence-corrected chi connectivity index (χ4v) is 1.54. The molecule has 0 aliphatic carbocycles. The van der Waals surface area contributed by atoms with Gasteiger partial charge in [0, 0.05) is 5.54 Å². The van der Waals surface area contributed by atoms with E-state index in [2.05, 4.69) is 53.8 Å². The van der Waals surface area contributed by atoms with Crippen molar-refractivity contribution in [3.05, 3.63) is 0 Å².